The van der Waals surface area contributed by atoms with E-state index in [-0.39, 0.29) is 30.6 Å². The zero-order valence-electron chi connectivity index (χ0n) is 8.72. The van der Waals surface area contributed by atoms with E-state index in [2.05, 4.69) is 0 Å². The summed E-state index contributed by atoms with van der Waals surface area (Å²) in [4.78, 5) is 10.9. The van der Waals surface area contributed by atoms with E-state index in [0.29, 0.717) is 0 Å². The highest BCUT2D eigenvalue weighted by molar-refractivity contribution is 5.56. The third-order valence-corrected chi connectivity index (χ3v) is 3.17. The van der Waals surface area contributed by atoms with Crippen molar-refractivity contribution in [2.75, 3.05) is 6.61 Å². The van der Waals surface area contributed by atoms with Crippen molar-refractivity contribution in [2.45, 2.75) is 38.5 Å². The predicted octanol–water partition coefficient (Wildman–Crippen LogP) is -0.0654. The minimum absolute atomic E-state index is 0.00727. The number of carbonyl (C=O) groups excluding carboxylic acids is 1. The Kier molecular flexibility index (Phi) is 4.04. The highest BCUT2D eigenvalue weighted by Gasteiger charge is 2.40. The lowest BCUT2D eigenvalue weighted by Gasteiger charge is -2.41. The summed E-state index contributed by atoms with van der Waals surface area (Å²) in [5.41, 5.74) is 5.86. The minimum Gasteiger partial charge on any atom is -0.394 e. The van der Waals surface area contributed by atoms with E-state index in [0.717, 1.165) is 12.7 Å². The maximum absolute atomic E-state index is 10.9. The largest absolute Gasteiger partial charge is 0.394 e. The molecule has 82 valence electrons. The third-order valence-electron chi connectivity index (χ3n) is 3.17. The quantitative estimate of drug-likeness (QED) is 0.627. The van der Waals surface area contributed by atoms with Gasteiger partial charge in [0.2, 0.25) is 0 Å². The monoisotopic (exact) mass is 201 g/mol. The molecule has 1 saturated heterocycles. The molecule has 4 heteroatoms. The smallest absolute Gasteiger partial charge is 0.125 e. The molecular weight excluding hydrogens is 182 g/mol. The summed E-state index contributed by atoms with van der Waals surface area (Å²) in [7, 11) is 0. The standard InChI is InChI=1S/C10H19NO3/c1-3-7-6(2)14-9(5-13)10(11)8(7)4-12/h4,6-10,13H,3,5,11H2,1-2H3/t6?,7-,8-,9+,10?/m1/s1. The number of ether oxygens (including phenoxy) is 1. The minimum atomic E-state index is -0.400. The van der Waals surface area contributed by atoms with Crippen LogP contribution in [0.4, 0.5) is 0 Å². The highest BCUT2D eigenvalue weighted by atomic mass is 16.5. The van der Waals surface area contributed by atoms with E-state index in [1.807, 2.05) is 13.8 Å². The number of hydrogen-bond acceptors (Lipinski definition) is 4. The molecule has 0 spiro atoms. The molecule has 1 rings (SSSR count). The second-order valence-electron chi connectivity index (χ2n) is 3.93. The summed E-state index contributed by atoms with van der Waals surface area (Å²) in [6.45, 7) is 3.83. The summed E-state index contributed by atoms with van der Waals surface area (Å²) >= 11 is 0. The van der Waals surface area contributed by atoms with Gasteiger partial charge in [-0.2, -0.15) is 0 Å². The van der Waals surface area contributed by atoms with E-state index in [9.17, 15) is 4.79 Å². The lowest BCUT2D eigenvalue weighted by atomic mass is 9.78. The van der Waals surface area contributed by atoms with Gasteiger partial charge >= 0.3 is 0 Å². The predicted molar refractivity (Wildman–Crippen MR) is 52.7 cm³/mol. The molecule has 0 radical (unpaired) electrons. The van der Waals surface area contributed by atoms with Crippen LogP contribution in [0.15, 0.2) is 0 Å². The van der Waals surface area contributed by atoms with Crippen molar-refractivity contribution in [3.63, 3.8) is 0 Å². The summed E-state index contributed by atoms with van der Waals surface area (Å²) < 4.78 is 5.55. The van der Waals surface area contributed by atoms with E-state index in [1.165, 1.54) is 0 Å². The molecule has 1 aliphatic rings. The molecule has 1 aliphatic heterocycles. The molecule has 5 atom stereocenters. The van der Waals surface area contributed by atoms with Gasteiger partial charge in [0.25, 0.3) is 0 Å². The van der Waals surface area contributed by atoms with Crippen molar-refractivity contribution in [1.82, 2.24) is 0 Å². The average Bonchev–Trinajstić information content (AvgIpc) is 2.20. The van der Waals surface area contributed by atoms with Crippen LogP contribution >= 0.6 is 0 Å². The number of rotatable bonds is 3. The molecule has 1 fully saturated rings. The molecule has 0 aromatic heterocycles. The van der Waals surface area contributed by atoms with Gasteiger partial charge in [0.15, 0.2) is 0 Å². The summed E-state index contributed by atoms with van der Waals surface area (Å²) in [6, 6.07) is -0.376. The molecule has 2 unspecified atom stereocenters. The fourth-order valence-electron chi connectivity index (χ4n) is 2.27. The Morgan fingerprint density at radius 3 is 2.64 bits per heavy atom. The molecule has 0 aromatic rings. The lowest BCUT2D eigenvalue weighted by molar-refractivity contribution is -0.142. The van der Waals surface area contributed by atoms with Crippen LogP contribution in [-0.4, -0.2) is 36.2 Å². The number of nitrogens with two attached hydrogens (primary N) is 1. The van der Waals surface area contributed by atoms with Gasteiger partial charge in [-0.3, -0.25) is 0 Å². The molecular formula is C10H19NO3. The number of aldehydes is 1. The molecule has 0 aromatic carbocycles. The van der Waals surface area contributed by atoms with E-state index in [4.69, 9.17) is 15.6 Å². The maximum atomic E-state index is 10.9. The molecule has 0 saturated carbocycles. The molecule has 14 heavy (non-hydrogen) atoms. The van der Waals surface area contributed by atoms with Gasteiger partial charge < -0.3 is 20.4 Å². The van der Waals surface area contributed by atoms with E-state index in [1.54, 1.807) is 0 Å². The number of carbonyl (C=O) groups is 1. The summed E-state index contributed by atoms with van der Waals surface area (Å²) in [6.07, 6.45) is 1.37. The topological polar surface area (TPSA) is 72.6 Å². The van der Waals surface area contributed by atoms with Crippen LogP contribution < -0.4 is 5.73 Å². The first kappa shape index (κ1) is 11.6. The lowest BCUT2D eigenvalue weighted by Crippen LogP contribution is -2.56. The Hall–Kier alpha value is -0.450. The van der Waals surface area contributed by atoms with Crippen molar-refractivity contribution >= 4 is 6.29 Å². The van der Waals surface area contributed by atoms with Gasteiger partial charge in [0.05, 0.1) is 18.8 Å². The first-order chi connectivity index (χ1) is 6.65. The van der Waals surface area contributed by atoms with Crippen molar-refractivity contribution in [1.29, 1.82) is 0 Å². The van der Waals surface area contributed by atoms with Crippen molar-refractivity contribution in [3.05, 3.63) is 0 Å². The van der Waals surface area contributed by atoms with Crippen LogP contribution in [0.2, 0.25) is 0 Å². The van der Waals surface area contributed by atoms with Crippen LogP contribution in [0.25, 0.3) is 0 Å². The molecule has 4 nitrogen and oxygen atoms in total. The van der Waals surface area contributed by atoms with Gasteiger partial charge in [-0.15, -0.1) is 0 Å². The zero-order chi connectivity index (χ0) is 10.7. The van der Waals surface area contributed by atoms with Gasteiger partial charge in [0, 0.05) is 12.0 Å². The Balaban J connectivity index is 2.78. The molecule has 0 amide bonds. The molecule has 0 bridgehead atoms. The first-order valence-corrected chi connectivity index (χ1v) is 5.12. The fourth-order valence-corrected chi connectivity index (χ4v) is 2.27. The van der Waals surface area contributed by atoms with Crippen molar-refractivity contribution < 1.29 is 14.6 Å². The van der Waals surface area contributed by atoms with Crippen molar-refractivity contribution in [3.8, 4) is 0 Å². The van der Waals surface area contributed by atoms with E-state index >= 15 is 0 Å². The number of aliphatic hydroxyl groups excluding tert-OH is 1. The third kappa shape index (κ3) is 1.97. The second-order valence-corrected chi connectivity index (χ2v) is 3.93. The van der Waals surface area contributed by atoms with Gasteiger partial charge in [-0.25, -0.2) is 0 Å². The van der Waals surface area contributed by atoms with Crippen molar-refractivity contribution in [2.24, 2.45) is 17.6 Å². The highest BCUT2D eigenvalue weighted by Crippen LogP contribution is 2.30. The Labute approximate surface area is 84.4 Å². The first-order valence-electron chi connectivity index (χ1n) is 5.12. The Morgan fingerprint density at radius 1 is 1.57 bits per heavy atom. The van der Waals surface area contributed by atoms with Gasteiger partial charge in [0.1, 0.15) is 6.29 Å². The summed E-state index contributed by atoms with van der Waals surface area (Å²) in [5, 5.41) is 9.03. The van der Waals surface area contributed by atoms with Gasteiger partial charge in [-0.05, 0) is 12.8 Å². The zero-order valence-corrected chi connectivity index (χ0v) is 8.72. The molecule has 1 heterocycles. The van der Waals surface area contributed by atoms with Crippen LogP contribution in [-0.2, 0) is 9.53 Å². The normalized spacial score (nSPS) is 43.6. The van der Waals surface area contributed by atoms with Crippen LogP contribution in [0.3, 0.4) is 0 Å². The second kappa shape index (κ2) is 4.87. The van der Waals surface area contributed by atoms with Crippen LogP contribution in [0.1, 0.15) is 20.3 Å². The molecule has 0 aliphatic carbocycles. The van der Waals surface area contributed by atoms with Crippen LogP contribution in [0, 0.1) is 11.8 Å². The summed E-state index contributed by atoms with van der Waals surface area (Å²) in [5.74, 6) is -0.0220. The van der Waals surface area contributed by atoms with E-state index < -0.39 is 6.10 Å². The molecule has 3 N–H and O–H groups in total. The number of aliphatic hydroxyl groups is 1. The van der Waals surface area contributed by atoms with Crippen LogP contribution in [0.5, 0.6) is 0 Å². The maximum Gasteiger partial charge on any atom is 0.125 e. The average molecular weight is 201 g/mol. The Bertz CT molecular complexity index is 198. The SMILES string of the molecule is CC[C@@H]1C(C)O[C@@H](CO)C(N)[C@@H]1C=O. The number of hydrogen-bond donors (Lipinski definition) is 2. The Morgan fingerprint density at radius 2 is 2.21 bits per heavy atom. The van der Waals surface area contributed by atoms with Gasteiger partial charge in [-0.1, -0.05) is 13.3 Å². The fraction of sp³-hybridized carbons (Fsp3) is 0.900.